The summed E-state index contributed by atoms with van der Waals surface area (Å²) in [4.78, 5) is 50.2. The lowest BCUT2D eigenvalue weighted by molar-refractivity contribution is -0.117. The number of amides is 2. The van der Waals surface area contributed by atoms with Gasteiger partial charge in [-0.1, -0.05) is 12.1 Å². The number of esters is 2. The van der Waals surface area contributed by atoms with Gasteiger partial charge in [-0.25, -0.2) is 9.59 Å². The minimum atomic E-state index is -0.603. The molecule has 1 heterocycles. The van der Waals surface area contributed by atoms with Gasteiger partial charge in [-0.05, 0) is 51.3 Å². The Labute approximate surface area is 183 Å². The molecule has 2 amide bonds. The van der Waals surface area contributed by atoms with Crippen molar-refractivity contribution in [3.63, 3.8) is 0 Å². The molecule has 1 aliphatic carbocycles. The first-order valence-corrected chi connectivity index (χ1v) is 10.9. The van der Waals surface area contributed by atoms with E-state index in [2.05, 4.69) is 10.6 Å². The predicted molar refractivity (Wildman–Crippen MR) is 117 cm³/mol. The van der Waals surface area contributed by atoms with Crippen LogP contribution in [0, 0.1) is 12.8 Å². The predicted octanol–water partition coefficient (Wildman–Crippen LogP) is 4.01. The molecule has 1 aromatic carbocycles. The van der Waals surface area contributed by atoms with Gasteiger partial charge < -0.3 is 20.1 Å². The number of nitrogens with one attached hydrogen (secondary N) is 2. The number of benzene rings is 1. The first kappa shape index (κ1) is 22.5. The van der Waals surface area contributed by atoms with Crippen LogP contribution in [-0.2, 0) is 14.3 Å². The first-order valence-electron chi connectivity index (χ1n) is 10.1. The molecule has 0 bridgehead atoms. The van der Waals surface area contributed by atoms with Gasteiger partial charge in [0, 0.05) is 5.92 Å². The second-order valence-corrected chi connectivity index (χ2v) is 7.99. The van der Waals surface area contributed by atoms with E-state index < -0.39 is 17.8 Å². The van der Waals surface area contributed by atoms with Gasteiger partial charge >= 0.3 is 11.9 Å². The normalized spacial score (nSPS) is 12.7. The highest BCUT2D eigenvalue weighted by molar-refractivity contribution is 7.19. The van der Waals surface area contributed by atoms with Crippen molar-refractivity contribution in [2.75, 3.05) is 23.8 Å². The molecule has 2 N–H and O–H groups in total. The van der Waals surface area contributed by atoms with E-state index in [0.29, 0.717) is 11.3 Å². The summed E-state index contributed by atoms with van der Waals surface area (Å²) in [5.41, 5.74) is 1.09. The van der Waals surface area contributed by atoms with Crippen LogP contribution >= 0.6 is 11.3 Å². The molecule has 0 aliphatic heterocycles. The number of anilines is 2. The molecule has 164 valence electrons. The van der Waals surface area contributed by atoms with Gasteiger partial charge in [-0.15, -0.1) is 11.3 Å². The molecule has 8 nitrogen and oxygen atoms in total. The summed E-state index contributed by atoms with van der Waals surface area (Å²) < 4.78 is 10.2. The summed E-state index contributed by atoms with van der Waals surface area (Å²) in [6, 6.07) is 6.50. The van der Waals surface area contributed by atoms with E-state index in [1.165, 1.54) is 0 Å². The smallest absolute Gasteiger partial charge is 0.341 e. The van der Waals surface area contributed by atoms with Gasteiger partial charge in [0.2, 0.25) is 5.91 Å². The number of hydrogen-bond acceptors (Lipinski definition) is 7. The van der Waals surface area contributed by atoms with Crippen molar-refractivity contribution in [2.45, 2.75) is 33.6 Å². The third-order valence-electron chi connectivity index (χ3n) is 4.69. The van der Waals surface area contributed by atoms with Crippen LogP contribution in [0.2, 0.25) is 0 Å². The highest BCUT2D eigenvalue weighted by Gasteiger charge is 2.33. The SMILES string of the molecule is CCOC(=O)c1ccccc1NC(=O)c1sc(NC(=O)C2CC2)c(C(=O)OCC)c1C. The maximum atomic E-state index is 13.0. The van der Waals surface area contributed by atoms with E-state index in [9.17, 15) is 19.2 Å². The highest BCUT2D eigenvalue weighted by atomic mass is 32.1. The Morgan fingerprint density at radius 2 is 1.65 bits per heavy atom. The molecule has 0 spiro atoms. The molecule has 1 aliphatic rings. The molecular weight excluding hydrogens is 420 g/mol. The van der Waals surface area contributed by atoms with E-state index in [0.717, 1.165) is 24.2 Å². The van der Waals surface area contributed by atoms with Crippen molar-refractivity contribution >= 4 is 45.8 Å². The minimum Gasteiger partial charge on any atom is -0.462 e. The van der Waals surface area contributed by atoms with Crippen molar-refractivity contribution < 1.29 is 28.7 Å². The van der Waals surface area contributed by atoms with Crippen LogP contribution in [0.25, 0.3) is 0 Å². The second-order valence-electron chi connectivity index (χ2n) is 6.96. The maximum absolute atomic E-state index is 13.0. The lowest BCUT2D eigenvalue weighted by atomic mass is 10.1. The van der Waals surface area contributed by atoms with E-state index in [1.807, 2.05) is 0 Å². The number of rotatable bonds is 8. The average Bonchev–Trinajstić information content (AvgIpc) is 3.53. The van der Waals surface area contributed by atoms with E-state index in [4.69, 9.17) is 9.47 Å². The Morgan fingerprint density at radius 3 is 2.29 bits per heavy atom. The summed E-state index contributed by atoms with van der Waals surface area (Å²) in [6.07, 6.45) is 1.62. The van der Waals surface area contributed by atoms with Crippen LogP contribution in [0.15, 0.2) is 24.3 Å². The van der Waals surface area contributed by atoms with Gasteiger partial charge in [0.15, 0.2) is 0 Å². The van der Waals surface area contributed by atoms with Gasteiger partial charge in [0.05, 0.1) is 34.9 Å². The van der Waals surface area contributed by atoms with Crippen LogP contribution in [0.4, 0.5) is 10.7 Å². The lowest BCUT2D eigenvalue weighted by Crippen LogP contribution is -2.16. The van der Waals surface area contributed by atoms with Crippen LogP contribution < -0.4 is 10.6 Å². The van der Waals surface area contributed by atoms with Crippen LogP contribution in [0.5, 0.6) is 0 Å². The van der Waals surface area contributed by atoms with Crippen molar-refractivity contribution in [1.82, 2.24) is 0 Å². The Hall–Kier alpha value is -3.20. The standard InChI is InChI=1S/C22H24N2O6S/c1-4-29-21(27)14-8-6-7-9-15(14)23-19(26)17-12(3)16(22(28)30-5-2)20(31-17)24-18(25)13-10-11-13/h6-9,13H,4-5,10-11H2,1-3H3,(H,23,26)(H,24,25). The lowest BCUT2D eigenvalue weighted by Gasteiger charge is -2.10. The fourth-order valence-electron chi connectivity index (χ4n) is 2.98. The third kappa shape index (κ3) is 5.11. The molecule has 3 rings (SSSR count). The van der Waals surface area contributed by atoms with E-state index >= 15 is 0 Å². The average molecular weight is 445 g/mol. The Kier molecular flexibility index (Phi) is 7.06. The first-order chi connectivity index (χ1) is 14.9. The summed E-state index contributed by atoms with van der Waals surface area (Å²) in [7, 11) is 0. The maximum Gasteiger partial charge on any atom is 0.341 e. The van der Waals surface area contributed by atoms with Crippen LogP contribution in [0.1, 0.15) is 62.6 Å². The number of carbonyl (C=O) groups excluding carboxylic acids is 4. The molecule has 0 radical (unpaired) electrons. The van der Waals surface area contributed by atoms with Crippen LogP contribution in [-0.4, -0.2) is 37.0 Å². The molecule has 0 unspecified atom stereocenters. The van der Waals surface area contributed by atoms with Crippen molar-refractivity contribution in [3.8, 4) is 0 Å². The zero-order valence-corrected chi connectivity index (χ0v) is 18.4. The molecule has 0 atom stereocenters. The molecule has 1 saturated carbocycles. The van der Waals surface area contributed by atoms with Gasteiger partial charge in [-0.3, -0.25) is 9.59 Å². The summed E-state index contributed by atoms with van der Waals surface area (Å²) in [5, 5.41) is 5.76. The monoisotopic (exact) mass is 444 g/mol. The Balaban J connectivity index is 1.91. The van der Waals surface area contributed by atoms with Gasteiger partial charge in [0.1, 0.15) is 5.00 Å². The van der Waals surface area contributed by atoms with E-state index in [-0.39, 0.29) is 46.0 Å². The molecule has 31 heavy (non-hydrogen) atoms. The second kappa shape index (κ2) is 9.74. The number of para-hydroxylation sites is 1. The summed E-state index contributed by atoms with van der Waals surface area (Å²) in [5.74, 6) is -1.89. The number of ether oxygens (including phenoxy) is 2. The number of hydrogen-bond donors (Lipinski definition) is 2. The number of carbonyl (C=O) groups is 4. The topological polar surface area (TPSA) is 111 Å². The van der Waals surface area contributed by atoms with Gasteiger partial charge in [-0.2, -0.15) is 0 Å². The van der Waals surface area contributed by atoms with Gasteiger partial charge in [0.25, 0.3) is 5.91 Å². The zero-order valence-electron chi connectivity index (χ0n) is 17.6. The highest BCUT2D eigenvalue weighted by Crippen LogP contribution is 2.37. The largest absolute Gasteiger partial charge is 0.462 e. The Morgan fingerprint density at radius 1 is 1.00 bits per heavy atom. The zero-order chi connectivity index (χ0) is 22.5. The number of thiophene rings is 1. The summed E-state index contributed by atoms with van der Waals surface area (Å²) >= 11 is 1.00. The molecular formula is C22H24N2O6S. The molecule has 1 fully saturated rings. The van der Waals surface area contributed by atoms with Crippen LogP contribution in [0.3, 0.4) is 0 Å². The summed E-state index contributed by atoms with van der Waals surface area (Å²) in [6.45, 7) is 5.38. The molecule has 2 aromatic rings. The molecule has 9 heteroatoms. The Bertz CT molecular complexity index is 1030. The fraction of sp³-hybridized carbons (Fsp3) is 0.364. The van der Waals surface area contributed by atoms with Crippen molar-refractivity contribution in [2.24, 2.45) is 5.92 Å². The minimum absolute atomic E-state index is 0.0637. The van der Waals surface area contributed by atoms with Crippen molar-refractivity contribution in [3.05, 3.63) is 45.8 Å². The fourth-order valence-corrected chi connectivity index (χ4v) is 4.08. The van der Waals surface area contributed by atoms with E-state index in [1.54, 1.807) is 45.0 Å². The third-order valence-corrected chi connectivity index (χ3v) is 5.89. The molecule has 0 saturated heterocycles. The van der Waals surface area contributed by atoms with Crippen molar-refractivity contribution in [1.29, 1.82) is 0 Å². The quantitative estimate of drug-likeness (QED) is 0.595. The molecule has 1 aromatic heterocycles.